The van der Waals surface area contributed by atoms with Gasteiger partial charge in [0.25, 0.3) is 0 Å². The van der Waals surface area contributed by atoms with E-state index in [4.69, 9.17) is 0 Å². The maximum atomic E-state index is 13.3. The molecule has 0 aliphatic carbocycles. The Morgan fingerprint density at radius 1 is 1.33 bits per heavy atom. The Balaban J connectivity index is 2.36. The van der Waals surface area contributed by atoms with Crippen molar-refractivity contribution in [2.75, 3.05) is 0 Å². The molecular weight excluding hydrogens is 209 g/mol. The number of hydrogen-bond acceptors (Lipinski definition) is 2. The van der Waals surface area contributed by atoms with E-state index in [9.17, 15) is 4.39 Å². The second-order valence-electron chi connectivity index (χ2n) is 3.07. The fourth-order valence-electron chi connectivity index (χ4n) is 1.30. The lowest BCUT2D eigenvalue weighted by Crippen LogP contribution is -1.74. The molecule has 0 unspecified atom stereocenters. The zero-order chi connectivity index (χ0) is 10.7. The number of hydrogen-bond donors (Lipinski definition) is 0. The first kappa shape index (κ1) is 10.1. The third-order valence-corrected chi connectivity index (χ3v) is 3.04. The van der Waals surface area contributed by atoms with Gasteiger partial charge in [0.2, 0.25) is 0 Å². The lowest BCUT2D eigenvalue weighted by atomic mass is 10.1. The highest BCUT2D eigenvalue weighted by Gasteiger charge is 2.05. The first-order chi connectivity index (χ1) is 7.31. The molecule has 0 aliphatic rings. The molecule has 0 amide bonds. The van der Waals surface area contributed by atoms with Gasteiger partial charge in [0.15, 0.2) is 0 Å². The molecule has 2 rings (SSSR count). The van der Waals surface area contributed by atoms with E-state index >= 15 is 0 Å². The molecule has 0 saturated heterocycles. The molecule has 0 radical (unpaired) electrons. The van der Waals surface area contributed by atoms with Crippen molar-refractivity contribution in [3.05, 3.63) is 46.9 Å². The molecule has 3 heteroatoms. The Bertz CT molecular complexity index is 473. The average molecular weight is 219 g/mol. The van der Waals surface area contributed by atoms with Crippen LogP contribution in [0, 0.1) is 0 Å². The first-order valence-corrected chi connectivity index (χ1v) is 5.50. The molecule has 2 aromatic heterocycles. The van der Waals surface area contributed by atoms with Gasteiger partial charge in [-0.2, -0.15) is 0 Å². The lowest BCUT2D eigenvalue weighted by Gasteiger charge is -1.94. The summed E-state index contributed by atoms with van der Waals surface area (Å²) >= 11 is 1.41. The zero-order valence-electron chi connectivity index (χ0n) is 8.27. The van der Waals surface area contributed by atoms with Gasteiger partial charge < -0.3 is 0 Å². The molecule has 1 nitrogen and oxygen atoms in total. The third-order valence-electron chi connectivity index (χ3n) is 2.10. The second-order valence-corrected chi connectivity index (χ2v) is 3.98. The van der Waals surface area contributed by atoms with Crippen LogP contribution in [0.1, 0.15) is 11.8 Å². The van der Waals surface area contributed by atoms with E-state index in [2.05, 4.69) is 4.98 Å². The van der Waals surface area contributed by atoms with Crippen LogP contribution in [-0.2, 0) is 0 Å². The van der Waals surface area contributed by atoms with Gasteiger partial charge in [0.05, 0.1) is 4.88 Å². The topological polar surface area (TPSA) is 12.9 Å². The van der Waals surface area contributed by atoms with Crippen molar-refractivity contribution in [3.8, 4) is 11.1 Å². The van der Waals surface area contributed by atoms with Crippen LogP contribution >= 0.6 is 11.3 Å². The van der Waals surface area contributed by atoms with Crippen LogP contribution in [0.2, 0.25) is 0 Å². The number of pyridine rings is 1. The summed E-state index contributed by atoms with van der Waals surface area (Å²) in [5, 5.41) is 1.95. The first-order valence-electron chi connectivity index (χ1n) is 4.62. The van der Waals surface area contributed by atoms with Gasteiger partial charge in [0, 0.05) is 12.4 Å². The van der Waals surface area contributed by atoms with Crippen LogP contribution in [0.4, 0.5) is 4.39 Å². The van der Waals surface area contributed by atoms with Gasteiger partial charge in [0.1, 0.15) is 5.83 Å². The van der Waals surface area contributed by atoms with E-state index in [1.165, 1.54) is 17.4 Å². The van der Waals surface area contributed by atoms with Crippen LogP contribution in [0.25, 0.3) is 17.0 Å². The van der Waals surface area contributed by atoms with Crippen molar-refractivity contribution in [3.63, 3.8) is 0 Å². The maximum absolute atomic E-state index is 13.3. The Morgan fingerprint density at radius 2 is 2.07 bits per heavy atom. The Labute approximate surface area is 91.9 Å². The molecule has 0 atom stereocenters. The van der Waals surface area contributed by atoms with Crippen LogP contribution in [0.3, 0.4) is 0 Å². The molecular formula is C12H10FNS. The van der Waals surface area contributed by atoms with Crippen molar-refractivity contribution in [1.82, 2.24) is 4.98 Å². The Hall–Kier alpha value is -1.48. The largest absolute Gasteiger partial charge is 0.265 e. The maximum Gasteiger partial charge on any atom is 0.136 e. The number of allylic oxidation sites excluding steroid dienone is 1. The number of thiophene rings is 1. The minimum atomic E-state index is -0.166. The molecule has 0 aromatic carbocycles. The molecule has 0 fully saturated rings. The van der Waals surface area contributed by atoms with Crippen molar-refractivity contribution < 1.29 is 4.39 Å². The summed E-state index contributed by atoms with van der Waals surface area (Å²) in [6.45, 7) is 1.70. The van der Waals surface area contributed by atoms with Crippen LogP contribution in [-0.4, -0.2) is 4.98 Å². The highest BCUT2D eigenvalue weighted by molar-refractivity contribution is 7.11. The SMILES string of the molecule is C/C=C(\F)c1cc(-c2ccncc2)cs1. The van der Waals surface area contributed by atoms with Crippen molar-refractivity contribution in [2.45, 2.75) is 6.92 Å². The van der Waals surface area contributed by atoms with Crippen molar-refractivity contribution in [2.24, 2.45) is 0 Å². The summed E-state index contributed by atoms with van der Waals surface area (Å²) in [5.74, 6) is -0.166. The molecule has 2 aromatic rings. The predicted octanol–water partition coefficient (Wildman–Crippen LogP) is 4.14. The number of halogens is 1. The summed E-state index contributed by atoms with van der Waals surface area (Å²) in [6.07, 6.45) is 4.94. The minimum Gasteiger partial charge on any atom is -0.265 e. The number of aromatic nitrogens is 1. The van der Waals surface area contributed by atoms with Gasteiger partial charge >= 0.3 is 0 Å². The minimum absolute atomic E-state index is 0.166. The molecule has 0 bridgehead atoms. The molecule has 0 N–H and O–H groups in total. The summed E-state index contributed by atoms with van der Waals surface area (Å²) < 4.78 is 13.3. The van der Waals surface area contributed by atoms with Gasteiger partial charge in [-0.05, 0) is 41.6 Å². The monoisotopic (exact) mass is 219 g/mol. The van der Waals surface area contributed by atoms with Crippen molar-refractivity contribution >= 4 is 17.2 Å². The molecule has 15 heavy (non-hydrogen) atoms. The van der Waals surface area contributed by atoms with Crippen LogP contribution in [0.15, 0.2) is 42.0 Å². The van der Waals surface area contributed by atoms with E-state index in [-0.39, 0.29) is 5.83 Å². The van der Waals surface area contributed by atoms with Gasteiger partial charge in [-0.15, -0.1) is 11.3 Å². The van der Waals surface area contributed by atoms with Gasteiger partial charge in [-0.1, -0.05) is 6.08 Å². The highest BCUT2D eigenvalue weighted by atomic mass is 32.1. The van der Waals surface area contributed by atoms with Gasteiger partial charge in [-0.25, -0.2) is 4.39 Å². The van der Waals surface area contributed by atoms with E-state index in [1.807, 2.05) is 23.6 Å². The van der Waals surface area contributed by atoms with Gasteiger partial charge in [-0.3, -0.25) is 4.98 Å². The fraction of sp³-hybridized carbons (Fsp3) is 0.0833. The normalized spacial score (nSPS) is 11.7. The van der Waals surface area contributed by atoms with E-state index in [1.54, 1.807) is 19.3 Å². The quantitative estimate of drug-likeness (QED) is 0.739. The number of rotatable bonds is 2. The molecule has 76 valence electrons. The Kier molecular flexibility index (Phi) is 2.92. The smallest absolute Gasteiger partial charge is 0.136 e. The lowest BCUT2D eigenvalue weighted by molar-refractivity contribution is 0.762. The fourth-order valence-corrected chi connectivity index (χ4v) is 2.18. The van der Waals surface area contributed by atoms with Crippen LogP contribution in [0.5, 0.6) is 0 Å². The second kappa shape index (κ2) is 4.36. The van der Waals surface area contributed by atoms with E-state index < -0.39 is 0 Å². The number of nitrogens with zero attached hydrogens (tertiary/aromatic N) is 1. The summed E-state index contributed by atoms with van der Waals surface area (Å²) in [4.78, 5) is 4.62. The van der Waals surface area contributed by atoms with E-state index in [0.29, 0.717) is 4.88 Å². The third kappa shape index (κ3) is 2.13. The summed E-state index contributed by atoms with van der Waals surface area (Å²) in [6, 6.07) is 5.69. The molecule has 2 heterocycles. The summed E-state index contributed by atoms with van der Waals surface area (Å²) in [5.41, 5.74) is 2.10. The average Bonchev–Trinajstić information content (AvgIpc) is 2.78. The summed E-state index contributed by atoms with van der Waals surface area (Å²) in [7, 11) is 0. The van der Waals surface area contributed by atoms with Crippen LogP contribution < -0.4 is 0 Å². The molecule has 0 spiro atoms. The zero-order valence-corrected chi connectivity index (χ0v) is 9.09. The van der Waals surface area contributed by atoms with Crippen molar-refractivity contribution in [1.29, 1.82) is 0 Å². The Morgan fingerprint density at radius 3 is 2.73 bits per heavy atom. The molecule has 0 aliphatic heterocycles. The van der Waals surface area contributed by atoms with E-state index in [0.717, 1.165) is 11.1 Å². The highest BCUT2D eigenvalue weighted by Crippen LogP contribution is 2.29. The predicted molar refractivity (Wildman–Crippen MR) is 62.3 cm³/mol. The standard InChI is InChI=1S/C12H10FNS/c1-2-11(13)12-7-10(8-15-12)9-3-5-14-6-4-9/h2-8H,1H3/b11-2-. The molecule has 0 saturated carbocycles.